The van der Waals surface area contributed by atoms with E-state index in [-0.39, 0.29) is 4.90 Å². The number of halogens is 1. The van der Waals surface area contributed by atoms with E-state index in [1.54, 1.807) is 18.2 Å². The molecule has 2 aromatic rings. The summed E-state index contributed by atoms with van der Waals surface area (Å²) in [6, 6.07) is 9.44. The maximum atomic E-state index is 12.8. The average Bonchev–Trinajstić information content (AvgIpc) is 2.55. The lowest BCUT2D eigenvalue weighted by Crippen LogP contribution is -2.18. The van der Waals surface area contributed by atoms with Crippen molar-refractivity contribution in [2.75, 3.05) is 14.2 Å². The Kier molecular flexibility index (Phi) is 5.17. The molecule has 0 aliphatic rings. The topological polar surface area (TPSA) is 77.0 Å². The van der Waals surface area contributed by atoms with Gasteiger partial charge in [-0.3, -0.25) is 0 Å². The van der Waals surface area contributed by atoms with Crippen molar-refractivity contribution in [3.8, 4) is 11.5 Å². The molecular formula is C15H15FN2O4S. The molecule has 0 bridgehead atoms. The summed E-state index contributed by atoms with van der Waals surface area (Å²) in [4.78, 5) is 1.97. The third kappa shape index (κ3) is 4.19. The third-order valence-corrected chi connectivity index (χ3v) is 4.18. The van der Waals surface area contributed by atoms with Crippen LogP contribution < -0.4 is 14.3 Å². The lowest BCUT2D eigenvalue weighted by molar-refractivity contribution is 0.394. The minimum atomic E-state index is -3.86. The van der Waals surface area contributed by atoms with Crippen LogP contribution in [0.25, 0.3) is 0 Å². The van der Waals surface area contributed by atoms with Gasteiger partial charge in [0, 0.05) is 11.6 Å². The molecule has 0 amide bonds. The fourth-order valence-corrected chi connectivity index (χ4v) is 2.55. The Morgan fingerprint density at radius 1 is 1.09 bits per heavy atom. The predicted molar refractivity (Wildman–Crippen MR) is 83.9 cm³/mol. The van der Waals surface area contributed by atoms with Crippen LogP contribution in [0.3, 0.4) is 0 Å². The largest absolute Gasteiger partial charge is 0.497 e. The van der Waals surface area contributed by atoms with Gasteiger partial charge in [0.1, 0.15) is 17.3 Å². The Morgan fingerprint density at radius 3 is 2.39 bits per heavy atom. The molecule has 2 rings (SSSR count). The average molecular weight is 338 g/mol. The van der Waals surface area contributed by atoms with Gasteiger partial charge in [-0.25, -0.2) is 9.22 Å². The van der Waals surface area contributed by atoms with Crippen molar-refractivity contribution in [2.45, 2.75) is 4.90 Å². The third-order valence-electron chi connectivity index (χ3n) is 2.94. The summed E-state index contributed by atoms with van der Waals surface area (Å²) < 4.78 is 47.1. The zero-order valence-corrected chi connectivity index (χ0v) is 13.3. The second kappa shape index (κ2) is 7.10. The van der Waals surface area contributed by atoms with Crippen LogP contribution in [0.1, 0.15) is 5.56 Å². The van der Waals surface area contributed by atoms with Gasteiger partial charge in [0.05, 0.1) is 25.3 Å². The molecule has 2 aromatic carbocycles. The molecule has 0 spiro atoms. The first-order valence-corrected chi connectivity index (χ1v) is 7.97. The summed E-state index contributed by atoms with van der Waals surface area (Å²) in [5.74, 6) is 0.565. The van der Waals surface area contributed by atoms with E-state index in [0.29, 0.717) is 17.1 Å². The number of sulfonamides is 1. The highest BCUT2D eigenvalue weighted by Crippen LogP contribution is 2.23. The van der Waals surface area contributed by atoms with Gasteiger partial charge in [0.15, 0.2) is 0 Å². The molecule has 0 aliphatic heterocycles. The summed E-state index contributed by atoms with van der Waals surface area (Å²) in [6.07, 6.45) is 1.30. The van der Waals surface area contributed by atoms with Crippen LogP contribution in [0.15, 0.2) is 52.5 Å². The molecular weight excluding hydrogens is 323 g/mol. The summed E-state index contributed by atoms with van der Waals surface area (Å²) in [6.45, 7) is 0. The number of benzene rings is 2. The van der Waals surface area contributed by atoms with Crippen molar-refractivity contribution in [1.82, 2.24) is 4.83 Å². The monoisotopic (exact) mass is 338 g/mol. The van der Waals surface area contributed by atoms with Crippen molar-refractivity contribution in [1.29, 1.82) is 0 Å². The lowest BCUT2D eigenvalue weighted by Gasteiger charge is -2.07. The van der Waals surface area contributed by atoms with Gasteiger partial charge in [-0.15, -0.1) is 0 Å². The summed E-state index contributed by atoms with van der Waals surface area (Å²) in [5.41, 5.74) is 0.565. The van der Waals surface area contributed by atoms with Crippen LogP contribution in [0, 0.1) is 5.82 Å². The number of hydrogen-bond acceptors (Lipinski definition) is 5. The van der Waals surface area contributed by atoms with Crippen LogP contribution in [0.5, 0.6) is 11.5 Å². The van der Waals surface area contributed by atoms with Crippen molar-refractivity contribution < 1.29 is 22.3 Å². The fourth-order valence-electron chi connectivity index (χ4n) is 1.76. The van der Waals surface area contributed by atoms with Crippen molar-refractivity contribution in [2.24, 2.45) is 5.10 Å². The Bertz CT molecular complexity index is 805. The highest BCUT2D eigenvalue weighted by Gasteiger charge is 2.12. The molecule has 6 nitrogen and oxygen atoms in total. The first kappa shape index (κ1) is 16.8. The molecule has 0 aromatic heterocycles. The van der Waals surface area contributed by atoms with Crippen LogP contribution in [0.2, 0.25) is 0 Å². The number of ether oxygens (including phenoxy) is 2. The molecule has 0 radical (unpaired) electrons. The van der Waals surface area contributed by atoms with Crippen LogP contribution >= 0.6 is 0 Å². The van der Waals surface area contributed by atoms with E-state index in [0.717, 1.165) is 24.3 Å². The first-order chi connectivity index (χ1) is 11.0. The molecule has 0 saturated carbocycles. The van der Waals surface area contributed by atoms with Crippen molar-refractivity contribution >= 4 is 16.2 Å². The van der Waals surface area contributed by atoms with Crippen molar-refractivity contribution in [3.05, 3.63) is 53.8 Å². The highest BCUT2D eigenvalue weighted by molar-refractivity contribution is 7.89. The predicted octanol–water partition coefficient (Wildman–Crippen LogP) is 2.16. The fraction of sp³-hybridized carbons (Fsp3) is 0.133. The summed E-state index contributed by atoms with van der Waals surface area (Å²) in [5, 5.41) is 3.70. The first-order valence-electron chi connectivity index (χ1n) is 6.49. The molecule has 1 N–H and O–H groups in total. The van der Waals surface area contributed by atoms with Gasteiger partial charge in [-0.05, 0) is 36.4 Å². The van der Waals surface area contributed by atoms with E-state index in [9.17, 15) is 12.8 Å². The van der Waals surface area contributed by atoms with Crippen LogP contribution in [0.4, 0.5) is 4.39 Å². The summed E-state index contributed by atoms with van der Waals surface area (Å²) in [7, 11) is -0.852. The van der Waals surface area contributed by atoms with Crippen LogP contribution in [-0.4, -0.2) is 28.9 Å². The maximum absolute atomic E-state index is 12.8. The molecule has 0 aliphatic carbocycles. The zero-order valence-electron chi connectivity index (χ0n) is 12.5. The number of nitrogens with one attached hydrogen (secondary N) is 1. The van der Waals surface area contributed by atoms with E-state index < -0.39 is 15.8 Å². The molecule has 122 valence electrons. The molecule has 0 fully saturated rings. The Balaban J connectivity index is 2.16. The number of hydrogen-bond donors (Lipinski definition) is 1. The normalized spacial score (nSPS) is 11.4. The SMILES string of the molecule is COc1ccc(/C=N/NS(=O)(=O)c2ccc(F)cc2)c(OC)c1. The Hall–Kier alpha value is -2.61. The Labute approximate surface area is 133 Å². The minimum absolute atomic E-state index is 0.0854. The molecule has 8 heteroatoms. The van der Waals surface area contributed by atoms with E-state index in [1.807, 2.05) is 0 Å². The molecule has 0 atom stereocenters. The van der Waals surface area contributed by atoms with E-state index in [2.05, 4.69) is 9.93 Å². The number of rotatable bonds is 6. The van der Waals surface area contributed by atoms with E-state index >= 15 is 0 Å². The van der Waals surface area contributed by atoms with Crippen LogP contribution in [-0.2, 0) is 10.0 Å². The highest BCUT2D eigenvalue weighted by atomic mass is 32.2. The van der Waals surface area contributed by atoms with E-state index in [4.69, 9.17) is 9.47 Å². The van der Waals surface area contributed by atoms with Gasteiger partial charge in [-0.1, -0.05) is 0 Å². The summed E-state index contributed by atoms with van der Waals surface area (Å²) >= 11 is 0. The standard InChI is InChI=1S/C15H15FN2O4S/c1-21-13-6-3-11(15(9-13)22-2)10-17-18-23(19,20)14-7-4-12(16)5-8-14/h3-10,18H,1-2H3/b17-10+. The Morgan fingerprint density at radius 2 is 1.78 bits per heavy atom. The maximum Gasteiger partial charge on any atom is 0.276 e. The molecule has 0 heterocycles. The second-order valence-electron chi connectivity index (χ2n) is 4.41. The minimum Gasteiger partial charge on any atom is -0.497 e. The van der Waals surface area contributed by atoms with Gasteiger partial charge in [0.2, 0.25) is 0 Å². The number of methoxy groups -OCH3 is 2. The van der Waals surface area contributed by atoms with Gasteiger partial charge < -0.3 is 9.47 Å². The van der Waals surface area contributed by atoms with Gasteiger partial charge in [0.25, 0.3) is 10.0 Å². The number of nitrogens with zero attached hydrogens (tertiary/aromatic N) is 1. The van der Waals surface area contributed by atoms with E-state index in [1.165, 1.54) is 20.4 Å². The quantitative estimate of drug-likeness (QED) is 0.647. The van der Waals surface area contributed by atoms with Gasteiger partial charge in [-0.2, -0.15) is 13.5 Å². The number of hydrazone groups is 1. The molecule has 23 heavy (non-hydrogen) atoms. The van der Waals surface area contributed by atoms with Crippen molar-refractivity contribution in [3.63, 3.8) is 0 Å². The smallest absolute Gasteiger partial charge is 0.276 e. The molecule has 0 saturated heterocycles. The van der Waals surface area contributed by atoms with Gasteiger partial charge >= 0.3 is 0 Å². The second-order valence-corrected chi connectivity index (χ2v) is 6.08. The zero-order chi connectivity index (χ0) is 16.9. The molecule has 0 unspecified atom stereocenters. The lowest BCUT2D eigenvalue weighted by atomic mass is 10.2.